The smallest absolute Gasteiger partial charge is 0.379 e. The fraction of sp³-hybridized carbons (Fsp3) is 0.552. The van der Waals surface area contributed by atoms with Crippen LogP contribution in [-0.2, 0) is 14.8 Å². The predicted octanol–water partition coefficient (Wildman–Crippen LogP) is 4.93. The minimum absolute atomic E-state index is 0.141. The van der Waals surface area contributed by atoms with Crippen LogP contribution < -0.4 is 15.6 Å². The van der Waals surface area contributed by atoms with Gasteiger partial charge in [-0.1, -0.05) is 6.07 Å². The summed E-state index contributed by atoms with van der Waals surface area (Å²) in [7, 11) is -4.45. The number of morpholine rings is 1. The van der Waals surface area contributed by atoms with Gasteiger partial charge in [0.15, 0.2) is 0 Å². The van der Waals surface area contributed by atoms with E-state index >= 15 is 0 Å². The first-order chi connectivity index (χ1) is 20.8. The molecule has 2 N–H and O–H groups in total. The summed E-state index contributed by atoms with van der Waals surface area (Å²) in [6, 6.07) is 5.39. The molecule has 1 aromatic carbocycles. The summed E-state index contributed by atoms with van der Waals surface area (Å²) in [5, 5.41) is 3.98. The van der Waals surface area contributed by atoms with E-state index in [0.29, 0.717) is 23.0 Å². The molecular weight excluding hydrogens is 604 g/mol. The Bertz CT molecular complexity index is 1650. The molecule has 2 aliphatic rings. The van der Waals surface area contributed by atoms with Gasteiger partial charge in [-0.05, 0) is 63.3 Å². The van der Waals surface area contributed by atoms with Crippen LogP contribution in [0.25, 0.3) is 22.2 Å². The molecule has 0 unspecified atom stereocenters. The average molecular weight is 641 g/mol. The van der Waals surface area contributed by atoms with E-state index in [4.69, 9.17) is 4.74 Å². The number of benzene rings is 1. The van der Waals surface area contributed by atoms with Crippen molar-refractivity contribution < 1.29 is 30.7 Å². The second kappa shape index (κ2) is 13.0. The van der Waals surface area contributed by atoms with E-state index in [1.807, 2.05) is 18.6 Å². The molecular formula is C29H36F4N6O4S. The highest BCUT2D eigenvalue weighted by Crippen LogP contribution is 2.29. The number of nitrogens with zero attached hydrogens (tertiary/aromatic N) is 4. The molecule has 1 saturated heterocycles. The van der Waals surface area contributed by atoms with Crippen LogP contribution in [-0.4, -0.2) is 78.2 Å². The van der Waals surface area contributed by atoms with Crippen LogP contribution in [0, 0.1) is 5.82 Å². The Hall–Kier alpha value is -3.30. The van der Waals surface area contributed by atoms with Crippen molar-refractivity contribution in [3.63, 3.8) is 0 Å². The molecule has 2 fully saturated rings. The SMILES string of the molecule is CC(C)n1c(=O)c(-c2ccc(NS(=O)(=O)CCC(F)(F)F)c(F)c2)cc2cnc(NC3CCC(N4CCOCC4)CC3)nc21. The number of nitrogens with one attached hydrogen (secondary N) is 2. The Labute approximate surface area is 252 Å². The molecule has 240 valence electrons. The van der Waals surface area contributed by atoms with Gasteiger partial charge in [-0.3, -0.25) is 19.0 Å². The van der Waals surface area contributed by atoms with Crippen molar-refractivity contribution >= 4 is 32.7 Å². The van der Waals surface area contributed by atoms with Gasteiger partial charge in [0.1, 0.15) is 11.5 Å². The van der Waals surface area contributed by atoms with Crippen molar-refractivity contribution in [1.82, 2.24) is 19.4 Å². The molecule has 1 aliphatic carbocycles. The number of aromatic nitrogens is 3. The van der Waals surface area contributed by atoms with Gasteiger partial charge in [-0.2, -0.15) is 18.2 Å². The largest absolute Gasteiger partial charge is 0.390 e. The highest BCUT2D eigenvalue weighted by atomic mass is 32.2. The monoisotopic (exact) mass is 640 g/mol. The Morgan fingerprint density at radius 1 is 1.09 bits per heavy atom. The van der Waals surface area contributed by atoms with Crippen molar-refractivity contribution in [2.75, 3.05) is 42.1 Å². The number of pyridine rings is 1. The lowest BCUT2D eigenvalue weighted by Gasteiger charge is -2.38. The topological polar surface area (TPSA) is 118 Å². The van der Waals surface area contributed by atoms with Gasteiger partial charge in [0.25, 0.3) is 5.56 Å². The predicted molar refractivity (Wildman–Crippen MR) is 160 cm³/mol. The van der Waals surface area contributed by atoms with Gasteiger partial charge >= 0.3 is 6.18 Å². The van der Waals surface area contributed by atoms with Gasteiger partial charge in [0.2, 0.25) is 16.0 Å². The lowest BCUT2D eigenvalue weighted by atomic mass is 9.90. The number of halogens is 4. The number of hydrogen-bond acceptors (Lipinski definition) is 8. The van der Waals surface area contributed by atoms with Gasteiger partial charge < -0.3 is 10.1 Å². The highest BCUT2D eigenvalue weighted by molar-refractivity contribution is 7.92. The van der Waals surface area contributed by atoms with Gasteiger partial charge in [-0.15, -0.1) is 0 Å². The Morgan fingerprint density at radius 2 is 1.80 bits per heavy atom. The maximum Gasteiger partial charge on any atom is 0.390 e. The third kappa shape index (κ3) is 7.67. The van der Waals surface area contributed by atoms with E-state index in [1.165, 1.54) is 10.6 Å². The standard InChI is InChI=1S/C29H36F4N6O4S/c1-18(2)39-26-20(17-34-28(36-26)35-21-4-6-22(7-5-21)38-10-12-43-13-11-38)15-23(27(39)40)19-3-8-25(24(30)16-19)37-44(41,42)14-9-29(31,32)33/h3,8,15-18,21-22,37H,4-7,9-14H2,1-2H3,(H,34,35,36). The summed E-state index contributed by atoms with van der Waals surface area (Å²) in [5.74, 6) is -1.86. The van der Waals surface area contributed by atoms with E-state index in [-0.39, 0.29) is 23.2 Å². The molecule has 1 saturated carbocycles. The summed E-state index contributed by atoms with van der Waals surface area (Å²) in [6.45, 7) is 7.13. The van der Waals surface area contributed by atoms with Crippen LogP contribution in [0.3, 0.4) is 0 Å². The molecule has 0 radical (unpaired) electrons. The number of rotatable bonds is 9. The molecule has 5 rings (SSSR count). The maximum absolute atomic E-state index is 15.0. The first kappa shape index (κ1) is 32.1. The number of alkyl halides is 3. The van der Waals surface area contributed by atoms with Crippen LogP contribution in [0.4, 0.5) is 29.2 Å². The molecule has 15 heteroatoms. The van der Waals surface area contributed by atoms with E-state index in [1.54, 1.807) is 12.3 Å². The molecule has 3 heterocycles. The minimum Gasteiger partial charge on any atom is -0.379 e. The Morgan fingerprint density at radius 3 is 2.43 bits per heavy atom. The van der Waals surface area contributed by atoms with Crippen LogP contribution >= 0.6 is 0 Å². The number of fused-ring (bicyclic) bond motifs is 1. The van der Waals surface area contributed by atoms with Crippen molar-refractivity contribution in [3.05, 3.63) is 46.6 Å². The van der Waals surface area contributed by atoms with Crippen molar-refractivity contribution in [3.8, 4) is 11.1 Å². The summed E-state index contributed by atoms with van der Waals surface area (Å²) in [4.78, 5) is 25.3. The Kier molecular flexibility index (Phi) is 9.47. The zero-order chi connectivity index (χ0) is 31.6. The minimum atomic E-state index is -4.67. The van der Waals surface area contributed by atoms with E-state index in [0.717, 1.165) is 64.1 Å². The fourth-order valence-electron chi connectivity index (χ4n) is 5.82. The van der Waals surface area contributed by atoms with E-state index in [2.05, 4.69) is 20.2 Å². The molecule has 0 amide bonds. The number of sulfonamides is 1. The van der Waals surface area contributed by atoms with Crippen molar-refractivity contribution in [1.29, 1.82) is 0 Å². The van der Waals surface area contributed by atoms with Crippen LogP contribution in [0.15, 0.2) is 35.3 Å². The van der Waals surface area contributed by atoms with Gasteiger partial charge in [-0.25, -0.2) is 17.8 Å². The molecule has 0 spiro atoms. The zero-order valence-corrected chi connectivity index (χ0v) is 25.3. The lowest BCUT2D eigenvalue weighted by molar-refractivity contribution is -0.129. The third-order valence-corrected chi connectivity index (χ3v) is 9.35. The molecule has 44 heavy (non-hydrogen) atoms. The molecule has 2 aromatic heterocycles. The summed E-state index contributed by atoms with van der Waals surface area (Å²) in [5.41, 5.74) is -0.216. The van der Waals surface area contributed by atoms with Gasteiger partial charge in [0.05, 0.1) is 31.1 Å². The number of hydrogen-bond donors (Lipinski definition) is 2. The molecule has 0 atom stereocenters. The van der Waals surface area contributed by atoms with E-state index in [9.17, 15) is 30.8 Å². The van der Waals surface area contributed by atoms with E-state index < -0.39 is 45.4 Å². The third-order valence-electron chi connectivity index (χ3n) is 8.08. The van der Waals surface area contributed by atoms with Gasteiger partial charge in [0, 0.05) is 48.4 Å². The first-order valence-corrected chi connectivity index (χ1v) is 16.3. The molecule has 0 bridgehead atoms. The van der Waals surface area contributed by atoms with Crippen LogP contribution in [0.5, 0.6) is 0 Å². The Balaban J connectivity index is 1.35. The van der Waals surface area contributed by atoms with Crippen molar-refractivity contribution in [2.45, 2.75) is 70.3 Å². The molecule has 10 nitrogen and oxygen atoms in total. The number of anilines is 2. The van der Waals surface area contributed by atoms with Crippen LogP contribution in [0.2, 0.25) is 0 Å². The average Bonchev–Trinajstić information content (AvgIpc) is 2.97. The van der Waals surface area contributed by atoms with Crippen molar-refractivity contribution in [2.24, 2.45) is 0 Å². The quantitative estimate of drug-likeness (QED) is 0.317. The molecule has 1 aliphatic heterocycles. The number of ether oxygens (including phenoxy) is 1. The van der Waals surface area contributed by atoms with Crippen LogP contribution in [0.1, 0.15) is 52.0 Å². The summed E-state index contributed by atoms with van der Waals surface area (Å²) >= 11 is 0. The maximum atomic E-state index is 15.0. The molecule has 3 aromatic rings. The normalized spacial score (nSPS) is 20.2. The summed E-state index contributed by atoms with van der Waals surface area (Å²) < 4.78 is 85.3. The highest BCUT2D eigenvalue weighted by Gasteiger charge is 2.30. The first-order valence-electron chi connectivity index (χ1n) is 14.7. The lowest BCUT2D eigenvalue weighted by Crippen LogP contribution is -2.46. The fourth-order valence-corrected chi connectivity index (χ4v) is 6.92. The summed E-state index contributed by atoms with van der Waals surface area (Å²) in [6.07, 6.45) is -0.564. The second-order valence-electron chi connectivity index (χ2n) is 11.6. The zero-order valence-electron chi connectivity index (χ0n) is 24.5. The second-order valence-corrected chi connectivity index (χ2v) is 13.4.